The molecule has 10 nitrogen and oxygen atoms in total. The van der Waals surface area contributed by atoms with Crippen LogP contribution in [0.4, 0.5) is 0 Å². The maximum absolute atomic E-state index is 13.2. The number of piperidine rings is 1. The van der Waals surface area contributed by atoms with Gasteiger partial charge in [0.05, 0.1) is 18.3 Å². The van der Waals surface area contributed by atoms with Crippen molar-refractivity contribution in [2.24, 2.45) is 7.05 Å². The minimum atomic E-state index is -3.86. The van der Waals surface area contributed by atoms with Gasteiger partial charge in [-0.15, -0.1) is 0 Å². The van der Waals surface area contributed by atoms with Gasteiger partial charge in [-0.25, -0.2) is 13.1 Å². The van der Waals surface area contributed by atoms with E-state index in [1.165, 1.54) is 0 Å². The number of aliphatic hydroxyl groups excluding tert-OH is 1. The Morgan fingerprint density at radius 3 is 2.57 bits per heavy atom. The number of hydrogen-bond acceptors (Lipinski definition) is 8. The zero-order chi connectivity index (χ0) is 24.7. The number of sulfonamides is 1. The van der Waals surface area contributed by atoms with Crippen LogP contribution in [0.15, 0.2) is 35.5 Å². The summed E-state index contributed by atoms with van der Waals surface area (Å²) in [6, 6.07) is 5.69. The molecular formula is C24H36N6O4S. The minimum absolute atomic E-state index is 0.0417. The van der Waals surface area contributed by atoms with Gasteiger partial charge in [-0.1, -0.05) is 6.07 Å². The summed E-state index contributed by atoms with van der Waals surface area (Å²) >= 11 is 0. The number of benzene rings is 1. The van der Waals surface area contributed by atoms with Crippen LogP contribution in [0.2, 0.25) is 0 Å². The first-order valence-corrected chi connectivity index (χ1v) is 13.8. The molecule has 2 aromatic rings. The van der Waals surface area contributed by atoms with Crippen LogP contribution in [0.5, 0.6) is 5.75 Å². The van der Waals surface area contributed by atoms with Gasteiger partial charge < -0.3 is 14.7 Å². The second-order valence-electron chi connectivity index (χ2n) is 10.2. The number of ether oxygens (including phenoxy) is 1. The predicted octanol–water partition coefficient (Wildman–Crippen LogP) is 0.198. The van der Waals surface area contributed by atoms with Crippen LogP contribution in [-0.2, 0) is 17.1 Å². The van der Waals surface area contributed by atoms with Gasteiger partial charge >= 0.3 is 0 Å². The van der Waals surface area contributed by atoms with E-state index in [0.29, 0.717) is 18.3 Å². The molecule has 0 radical (unpaired) electrons. The molecule has 35 heavy (non-hydrogen) atoms. The Labute approximate surface area is 207 Å². The van der Waals surface area contributed by atoms with Gasteiger partial charge in [-0.3, -0.25) is 14.5 Å². The summed E-state index contributed by atoms with van der Waals surface area (Å²) < 4.78 is 37.2. The number of β-amino-alcohol motifs (C(OH)–C–C–N with tert-alkyl or cyclic N) is 1. The highest BCUT2D eigenvalue weighted by atomic mass is 32.2. The number of likely N-dealkylation sites (tertiary alicyclic amines) is 2. The van der Waals surface area contributed by atoms with Gasteiger partial charge in [0.15, 0.2) is 0 Å². The molecule has 0 amide bonds. The van der Waals surface area contributed by atoms with E-state index in [-0.39, 0.29) is 23.6 Å². The molecule has 3 atom stereocenters. The van der Waals surface area contributed by atoms with E-state index >= 15 is 0 Å². The van der Waals surface area contributed by atoms with Gasteiger partial charge in [0, 0.05) is 51.0 Å². The van der Waals surface area contributed by atoms with Gasteiger partial charge in [0.2, 0.25) is 10.0 Å². The summed E-state index contributed by atoms with van der Waals surface area (Å²) in [7, 11) is 2.13. The molecule has 1 aromatic heterocycles. The summed E-state index contributed by atoms with van der Waals surface area (Å²) in [5.74, 6) is 0.337. The Morgan fingerprint density at radius 1 is 1.09 bits per heavy atom. The Morgan fingerprint density at radius 2 is 1.86 bits per heavy atom. The summed E-state index contributed by atoms with van der Waals surface area (Å²) in [6.45, 7) is 4.03. The highest BCUT2D eigenvalue weighted by Crippen LogP contribution is 2.34. The first-order chi connectivity index (χ1) is 16.7. The minimum Gasteiger partial charge on any atom is -0.486 e. The molecular weight excluding hydrogens is 468 g/mol. The maximum atomic E-state index is 13.2. The summed E-state index contributed by atoms with van der Waals surface area (Å²) in [5, 5.41) is 14.8. The smallest absolute Gasteiger partial charge is 0.244 e. The second-order valence-corrected chi connectivity index (χ2v) is 12.0. The molecule has 0 saturated carbocycles. The van der Waals surface area contributed by atoms with E-state index in [4.69, 9.17) is 4.74 Å². The highest BCUT2D eigenvalue weighted by Gasteiger charge is 2.41. The third-order valence-corrected chi connectivity index (χ3v) is 9.06. The zero-order valence-electron chi connectivity index (χ0n) is 20.7. The lowest BCUT2D eigenvalue weighted by Crippen LogP contribution is -2.48. The molecule has 0 bridgehead atoms. The molecule has 0 aliphatic carbocycles. The standard InChI is InChI=1S/C24H36N6O4S/c1-27-8-6-19(7-9-27)30-15-21-23(16-30)34-22-10-17(18-11-25-29(3)13-18)4-5-24(22)35(32,33)26-12-20(31)14-28(21)2/h4-5,10-11,13,19-21,23,26,31H,6-9,12,14-16H2,1-3H3/t20-,21+,23-/m0/s1. The number of aromatic nitrogens is 2. The summed E-state index contributed by atoms with van der Waals surface area (Å²) in [5.41, 5.74) is 1.74. The van der Waals surface area contributed by atoms with Crippen LogP contribution in [-0.4, -0.2) is 116 Å². The second kappa shape index (κ2) is 9.79. The fourth-order valence-electron chi connectivity index (χ4n) is 5.53. The fourth-order valence-corrected chi connectivity index (χ4v) is 6.72. The van der Waals surface area contributed by atoms with Crippen LogP contribution in [0.25, 0.3) is 11.1 Å². The molecule has 4 heterocycles. The molecule has 3 aliphatic heterocycles. The lowest BCUT2D eigenvalue weighted by atomic mass is 10.0. The van der Waals surface area contributed by atoms with E-state index in [2.05, 4.69) is 31.6 Å². The van der Waals surface area contributed by atoms with Crippen LogP contribution >= 0.6 is 0 Å². The predicted molar refractivity (Wildman–Crippen MR) is 133 cm³/mol. The van der Waals surface area contributed by atoms with E-state index in [1.807, 2.05) is 20.3 Å². The van der Waals surface area contributed by atoms with Crippen LogP contribution in [0.1, 0.15) is 12.8 Å². The topological polar surface area (TPSA) is 103 Å². The van der Waals surface area contributed by atoms with Crippen molar-refractivity contribution in [1.82, 2.24) is 29.2 Å². The monoisotopic (exact) mass is 504 g/mol. The Hall–Kier alpha value is -2.02. The van der Waals surface area contributed by atoms with E-state index < -0.39 is 16.1 Å². The highest BCUT2D eigenvalue weighted by molar-refractivity contribution is 7.89. The van der Waals surface area contributed by atoms with Crippen molar-refractivity contribution < 1.29 is 18.3 Å². The number of aliphatic hydroxyl groups is 1. The lowest BCUT2D eigenvalue weighted by molar-refractivity contribution is 0.0712. The molecule has 1 aromatic carbocycles. The molecule has 0 unspecified atom stereocenters. The van der Waals surface area contributed by atoms with Crippen molar-refractivity contribution in [1.29, 1.82) is 0 Å². The average molecular weight is 505 g/mol. The summed E-state index contributed by atoms with van der Waals surface area (Å²) in [4.78, 5) is 7.07. The van der Waals surface area contributed by atoms with Crippen LogP contribution in [0, 0.1) is 0 Å². The number of likely N-dealkylation sites (N-methyl/N-ethyl adjacent to an activating group) is 1. The van der Waals surface area contributed by atoms with Gasteiger partial charge in [0.1, 0.15) is 16.7 Å². The van der Waals surface area contributed by atoms with E-state index in [1.54, 1.807) is 29.1 Å². The van der Waals surface area contributed by atoms with Crippen molar-refractivity contribution in [3.8, 4) is 16.9 Å². The number of rotatable bonds is 2. The molecule has 2 saturated heterocycles. The number of fused-ring (bicyclic) bond motifs is 2. The number of aryl methyl sites for hydroxylation is 1. The lowest BCUT2D eigenvalue weighted by Gasteiger charge is -2.35. The normalized spacial score (nSPS) is 29.2. The quantitative estimate of drug-likeness (QED) is 0.598. The van der Waals surface area contributed by atoms with Crippen molar-refractivity contribution in [2.75, 3.05) is 53.4 Å². The van der Waals surface area contributed by atoms with Crippen molar-refractivity contribution in [3.63, 3.8) is 0 Å². The average Bonchev–Trinajstić information content (AvgIpc) is 3.44. The van der Waals surface area contributed by atoms with E-state index in [9.17, 15) is 13.5 Å². The van der Waals surface area contributed by atoms with Gasteiger partial charge in [0.25, 0.3) is 0 Å². The molecule has 2 fully saturated rings. The third-order valence-electron chi connectivity index (χ3n) is 7.59. The fraction of sp³-hybridized carbons (Fsp3) is 0.625. The third kappa shape index (κ3) is 5.25. The Balaban J connectivity index is 1.50. The van der Waals surface area contributed by atoms with Gasteiger partial charge in [-0.05, 0) is 57.7 Å². The number of nitrogens with one attached hydrogen (secondary N) is 1. The van der Waals surface area contributed by atoms with Crippen LogP contribution in [0.3, 0.4) is 0 Å². The maximum Gasteiger partial charge on any atom is 0.244 e. The van der Waals surface area contributed by atoms with Crippen molar-refractivity contribution in [2.45, 2.75) is 42.0 Å². The Kier molecular flexibility index (Phi) is 6.90. The first-order valence-electron chi connectivity index (χ1n) is 12.3. The number of hydrogen-bond donors (Lipinski definition) is 2. The van der Waals surface area contributed by atoms with Crippen LogP contribution < -0.4 is 9.46 Å². The van der Waals surface area contributed by atoms with Crippen molar-refractivity contribution in [3.05, 3.63) is 30.6 Å². The molecule has 0 spiro atoms. The molecule has 3 aliphatic rings. The molecule has 192 valence electrons. The largest absolute Gasteiger partial charge is 0.486 e. The molecule has 2 N–H and O–H groups in total. The Bertz CT molecular complexity index is 1150. The first kappa shape index (κ1) is 24.7. The van der Waals surface area contributed by atoms with E-state index in [0.717, 1.165) is 50.1 Å². The number of nitrogens with zero attached hydrogens (tertiary/aromatic N) is 5. The SMILES string of the molecule is CN1CCC(N2C[C@@H]3Oc4cc(-c5cnn(C)c5)ccc4S(=O)(=O)NC[C@H](O)CN(C)[C@@H]3C2)CC1. The zero-order valence-corrected chi connectivity index (χ0v) is 21.5. The summed E-state index contributed by atoms with van der Waals surface area (Å²) in [6.07, 6.45) is 4.84. The van der Waals surface area contributed by atoms with Crippen molar-refractivity contribution >= 4 is 10.0 Å². The van der Waals surface area contributed by atoms with Gasteiger partial charge in [-0.2, -0.15) is 5.10 Å². The molecule has 5 rings (SSSR count). The molecule has 11 heteroatoms.